The Balaban J connectivity index is 1.95. The second kappa shape index (κ2) is 7.05. The number of rotatable bonds is 6. The van der Waals surface area contributed by atoms with Crippen LogP contribution in [0.25, 0.3) is 0 Å². The van der Waals surface area contributed by atoms with Gasteiger partial charge in [0.1, 0.15) is 5.75 Å². The fraction of sp³-hybridized carbons (Fsp3) is 0.562. The van der Waals surface area contributed by atoms with Crippen LogP contribution in [0.1, 0.15) is 31.7 Å². The summed E-state index contributed by atoms with van der Waals surface area (Å²) in [5, 5.41) is 12.4. The van der Waals surface area contributed by atoms with Crippen molar-refractivity contribution >= 4 is 5.91 Å². The quantitative estimate of drug-likeness (QED) is 0.848. The van der Waals surface area contributed by atoms with E-state index < -0.39 is 6.61 Å². The summed E-state index contributed by atoms with van der Waals surface area (Å²) in [5.74, 6) is -0.137. The van der Waals surface area contributed by atoms with E-state index in [1.54, 1.807) is 12.1 Å². The van der Waals surface area contributed by atoms with Gasteiger partial charge in [-0.3, -0.25) is 4.79 Å². The van der Waals surface area contributed by atoms with Gasteiger partial charge in [-0.1, -0.05) is 25.5 Å². The molecule has 0 spiro atoms. The van der Waals surface area contributed by atoms with Crippen LogP contribution in [0.2, 0.25) is 0 Å². The third-order valence-electron chi connectivity index (χ3n) is 4.27. The molecular weight excluding hydrogens is 292 g/mol. The first-order valence-electron chi connectivity index (χ1n) is 7.37. The van der Waals surface area contributed by atoms with Gasteiger partial charge in [0, 0.05) is 11.5 Å². The van der Waals surface area contributed by atoms with Crippen molar-refractivity contribution < 1.29 is 23.4 Å². The van der Waals surface area contributed by atoms with Crippen LogP contribution < -0.4 is 10.1 Å². The molecule has 1 aromatic carbocycles. The van der Waals surface area contributed by atoms with E-state index in [0.29, 0.717) is 5.56 Å². The Bertz CT molecular complexity index is 524. The molecule has 1 aliphatic carbocycles. The second-order valence-corrected chi connectivity index (χ2v) is 6.03. The molecule has 1 amide bonds. The zero-order chi connectivity index (χ0) is 16.2. The van der Waals surface area contributed by atoms with E-state index in [1.807, 2.05) is 6.92 Å². The number of alkyl halides is 2. The Hall–Kier alpha value is -1.69. The molecule has 4 nitrogen and oxygen atoms in total. The smallest absolute Gasteiger partial charge is 0.387 e. The summed E-state index contributed by atoms with van der Waals surface area (Å²) >= 11 is 0. The summed E-state index contributed by atoms with van der Waals surface area (Å²) in [4.78, 5) is 12.1. The van der Waals surface area contributed by atoms with Gasteiger partial charge in [0.15, 0.2) is 0 Å². The number of amides is 1. The molecule has 1 saturated carbocycles. The maximum Gasteiger partial charge on any atom is 0.387 e. The van der Waals surface area contributed by atoms with E-state index in [0.717, 1.165) is 19.3 Å². The van der Waals surface area contributed by atoms with Gasteiger partial charge < -0.3 is 15.2 Å². The summed E-state index contributed by atoms with van der Waals surface area (Å²) < 4.78 is 28.7. The van der Waals surface area contributed by atoms with Crippen molar-refractivity contribution in [1.82, 2.24) is 5.32 Å². The largest absolute Gasteiger partial charge is 0.435 e. The first kappa shape index (κ1) is 16.7. The average Bonchev–Trinajstić information content (AvgIpc) is 2.80. The highest BCUT2D eigenvalue weighted by Gasteiger charge is 2.38. The number of hydrogen-bond acceptors (Lipinski definition) is 3. The Morgan fingerprint density at radius 3 is 3.00 bits per heavy atom. The fourth-order valence-corrected chi connectivity index (χ4v) is 2.93. The van der Waals surface area contributed by atoms with E-state index in [-0.39, 0.29) is 36.1 Å². The number of nitrogens with one attached hydrogen (secondary N) is 1. The van der Waals surface area contributed by atoms with Crippen LogP contribution in [0.5, 0.6) is 5.75 Å². The Morgan fingerprint density at radius 1 is 1.55 bits per heavy atom. The van der Waals surface area contributed by atoms with E-state index >= 15 is 0 Å². The second-order valence-electron chi connectivity index (χ2n) is 6.03. The number of ether oxygens (including phenoxy) is 1. The molecule has 0 bridgehead atoms. The molecule has 2 unspecified atom stereocenters. The zero-order valence-electron chi connectivity index (χ0n) is 12.5. The highest BCUT2D eigenvalue weighted by Crippen LogP contribution is 2.37. The number of aliphatic hydroxyl groups excluding tert-OH is 1. The number of halogens is 2. The van der Waals surface area contributed by atoms with Crippen LogP contribution in [0.4, 0.5) is 8.78 Å². The van der Waals surface area contributed by atoms with Crippen LogP contribution >= 0.6 is 0 Å². The average molecular weight is 313 g/mol. The van der Waals surface area contributed by atoms with Gasteiger partial charge in [-0.25, -0.2) is 0 Å². The number of hydrogen-bond donors (Lipinski definition) is 2. The molecule has 0 heterocycles. The first-order valence-corrected chi connectivity index (χ1v) is 7.37. The normalized spacial score (nSPS) is 24.5. The number of aliphatic hydroxyl groups is 1. The number of benzene rings is 1. The van der Waals surface area contributed by atoms with Gasteiger partial charge in [-0.15, -0.1) is 0 Å². The lowest BCUT2D eigenvalue weighted by atomic mass is 9.85. The highest BCUT2D eigenvalue weighted by molar-refractivity contribution is 5.79. The van der Waals surface area contributed by atoms with E-state index in [4.69, 9.17) is 0 Å². The summed E-state index contributed by atoms with van der Waals surface area (Å²) in [7, 11) is 0. The lowest BCUT2D eigenvalue weighted by Gasteiger charge is -2.30. The van der Waals surface area contributed by atoms with Crippen molar-refractivity contribution in [3.63, 3.8) is 0 Å². The molecule has 1 aromatic rings. The molecule has 6 heteroatoms. The number of carbonyl (C=O) groups excluding carboxylic acids is 1. The maximum atomic E-state index is 12.2. The van der Waals surface area contributed by atoms with Gasteiger partial charge >= 0.3 is 6.61 Å². The molecular formula is C16H21F2NO3. The summed E-state index contributed by atoms with van der Waals surface area (Å²) in [6, 6.07) is 6.08. The van der Waals surface area contributed by atoms with Crippen molar-refractivity contribution in [2.24, 2.45) is 5.41 Å². The molecule has 0 aromatic heterocycles. The third-order valence-corrected chi connectivity index (χ3v) is 4.27. The highest BCUT2D eigenvalue weighted by atomic mass is 19.3. The summed E-state index contributed by atoms with van der Waals surface area (Å²) in [6.07, 6.45) is 2.79. The molecule has 1 aliphatic rings. The molecule has 0 saturated heterocycles. The lowest BCUT2D eigenvalue weighted by Crippen LogP contribution is -2.45. The maximum absolute atomic E-state index is 12.2. The van der Waals surface area contributed by atoms with E-state index in [1.165, 1.54) is 12.1 Å². The molecule has 0 aliphatic heterocycles. The standard InChI is InChI=1S/C16H21F2NO3/c1-16(10-20)7-3-6-13(16)19-14(21)9-11-4-2-5-12(8-11)22-15(17)18/h2,4-5,8,13,15,20H,3,6-7,9-10H2,1H3,(H,19,21). The lowest BCUT2D eigenvalue weighted by molar-refractivity contribution is -0.122. The SMILES string of the molecule is CC1(CO)CCCC1NC(=O)Cc1cccc(OC(F)F)c1. The van der Waals surface area contributed by atoms with Crippen LogP contribution in [-0.2, 0) is 11.2 Å². The van der Waals surface area contributed by atoms with Crippen molar-refractivity contribution in [3.05, 3.63) is 29.8 Å². The van der Waals surface area contributed by atoms with Gasteiger partial charge in [-0.2, -0.15) is 8.78 Å². The van der Waals surface area contributed by atoms with Crippen LogP contribution in [-0.4, -0.2) is 30.3 Å². The summed E-state index contributed by atoms with van der Waals surface area (Å²) in [6.45, 7) is -0.884. The van der Waals surface area contributed by atoms with E-state index in [2.05, 4.69) is 10.1 Å². The Kier molecular flexibility index (Phi) is 5.34. The third kappa shape index (κ3) is 4.16. The van der Waals surface area contributed by atoms with Crippen LogP contribution in [0, 0.1) is 5.41 Å². The van der Waals surface area contributed by atoms with Crippen molar-refractivity contribution in [2.45, 2.75) is 45.3 Å². The summed E-state index contributed by atoms with van der Waals surface area (Å²) in [5.41, 5.74) is 0.329. The minimum Gasteiger partial charge on any atom is -0.435 e. The minimum atomic E-state index is -2.88. The topological polar surface area (TPSA) is 58.6 Å². The zero-order valence-corrected chi connectivity index (χ0v) is 12.5. The molecule has 2 rings (SSSR count). The van der Waals surface area contributed by atoms with Crippen molar-refractivity contribution in [1.29, 1.82) is 0 Å². The Morgan fingerprint density at radius 2 is 2.32 bits per heavy atom. The molecule has 22 heavy (non-hydrogen) atoms. The molecule has 0 radical (unpaired) electrons. The first-order chi connectivity index (χ1) is 10.4. The van der Waals surface area contributed by atoms with Gasteiger partial charge in [0.2, 0.25) is 5.91 Å². The predicted molar refractivity (Wildman–Crippen MR) is 77.8 cm³/mol. The van der Waals surface area contributed by atoms with Crippen LogP contribution in [0.15, 0.2) is 24.3 Å². The van der Waals surface area contributed by atoms with Gasteiger partial charge in [0.05, 0.1) is 13.0 Å². The van der Waals surface area contributed by atoms with Crippen molar-refractivity contribution in [2.75, 3.05) is 6.61 Å². The van der Waals surface area contributed by atoms with Crippen molar-refractivity contribution in [3.8, 4) is 5.75 Å². The van der Waals surface area contributed by atoms with E-state index in [9.17, 15) is 18.7 Å². The molecule has 2 atom stereocenters. The fourth-order valence-electron chi connectivity index (χ4n) is 2.93. The monoisotopic (exact) mass is 313 g/mol. The minimum absolute atomic E-state index is 0.0374. The molecule has 122 valence electrons. The van der Waals surface area contributed by atoms with Crippen LogP contribution in [0.3, 0.4) is 0 Å². The Labute approximate surface area is 128 Å². The predicted octanol–water partition coefficient (Wildman–Crippen LogP) is 2.50. The van der Waals surface area contributed by atoms with Gasteiger partial charge in [0.25, 0.3) is 0 Å². The molecule has 1 fully saturated rings. The van der Waals surface area contributed by atoms with Gasteiger partial charge in [-0.05, 0) is 30.5 Å². The molecule has 2 N–H and O–H groups in total. The number of carbonyl (C=O) groups is 1.